The number of hydrogen-bond acceptors (Lipinski definition) is 6. The first-order chi connectivity index (χ1) is 15.5. The van der Waals surface area contributed by atoms with Crippen LogP contribution in [-0.4, -0.2) is 32.8 Å². The van der Waals surface area contributed by atoms with Crippen molar-refractivity contribution in [3.05, 3.63) is 64.4 Å². The third kappa shape index (κ3) is 7.13. The number of phenols is 1. The quantitative estimate of drug-likeness (QED) is 0.397. The minimum atomic E-state index is -0.134. The number of carbonyl (C=O) groups is 1. The van der Waals surface area contributed by atoms with Gasteiger partial charge in [-0.1, -0.05) is 43.2 Å². The zero-order valence-corrected chi connectivity index (χ0v) is 18.5. The largest absolute Gasteiger partial charge is 0.508 e. The summed E-state index contributed by atoms with van der Waals surface area (Å²) in [5.41, 5.74) is 1.11. The fraction of sp³-hybridized carbons (Fsp3) is 0.333. The molecule has 1 aliphatic carbocycles. The molecule has 32 heavy (non-hydrogen) atoms. The SMILES string of the molecule is N#Cc1ccc(O)cc1.O=C(CCSc1nc2ccccc2c(=O)[nH]1)NC1CCCCC1. The van der Waals surface area contributed by atoms with Gasteiger partial charge in [0, 0.05) is 18.2 Å². The number of para-hydroxylation sites is 1. The number of amides is 1. The van der Waals surface area contributed by atoms with E-state index in [1.54, 1.807) is 18.2 Å². The monoisotopic (exact) mass is 450 g/mol. The fourth-order valence-corrected chi connectivity index (χ4v) is 4.27. The molecule has 0 bridgehead atoms. The maximum absolute atomic E-state index is 12.0. The van der Waals surface area contributed by atoms with Crippen LogP contribution in [0, 0.1) is 11.3 Å². The highest BCUT2D eigenvalue weighted by molar-refractivity contribution is 7.99. The van der Waals surface area contributed by atoms with Gasteiger partial charge in [0.1, 0.15) is 5.75 Å². The van der Waals surface area contributed by atoms with Crippen molar-refractivity contribution in [3.63, 3.8) is 0 Å². The molecule has 7 nitrogen and oxygen atoms in total. The normalized spacial score (nSPS) is 13.6. The predicted octanol–water partition coefficient (Wildman–Crippen LogP) is 4.12. The summed E-state index contributed by atoms with van der Waals surface area (Å²) in [4.78, 5) is 31.1. The molecule has 0 unspecified atom stereocenters. The lowest BCUT2D eigenvalue weighted by Crippen LogP contribution is -2.36. The van der Waals surface area contributed by atoms with Crippen LogP contribution in [0.5, 0.6) is 5.75 Å². The van der Waals surface area contributed by atoms with Crippen molar-refractivity contribution in [1.82, 2.24) is 15.3 Å². The Morgan fingerprint density at radius 3 is 2.59 bits per heavy atom. The molecular formula is C24H26N4O3S. The lowest BCUT2D eigenvalue weighted by molar-refractivity contribution is -0.121. The Balaban J connectivity index is 0.000000269. The molecule has 0 aliphatic heterocycles. The highest BCUT2D eigenvalue weighted by Gasteiger charge is 2.15. The third-order valence-electron chi connectivity index (χ3n) is 5.13. The Morgan fingerprint density at radius 2 is 1.88 bits per heavy atom. The average molecular weight is 451 g/mol. The van der Waals surface area contributed by atoms with Gasteiger partial charge in [-0.3, -0.25) is 9.59 Å². The first-order valence-electron chi connectivity index (χ1n) is 10.7. The molecule has 1 saturated carbocycles. The van der Waals surface area contributed by atoms with Crippen molar-refractivity contribution in [3.8, 4) is 11.8 Å². The smallest absolute Gasteiger partial charge is 0.259 e. The van der Waals surface area contributed by atoms with Gasteiger partial charge in [0.25, 0.3) is 5.56 Å². The number of nitrogens with one attached hydrogen (secondary N) is 2. The molecule has 0 atom stereocenters. The summed E-state index contributed by atoms with van der Waals surface area (Å²) in [5, 5.41) is 21.3. The Kier molecular flexibility index (Phi) is 8.70. The molecule has 0 spiro atoms. The van der Waals surface area contributed by atoms with E-state index in [0.29, 0.717) is 39.8 Å². The van der Waals surface area contributed by atoms with Gasteiger partial charge >= 0.3 is 0 Å². The van der Waals surface area contributed by atoms with Gasteiger partial charge in [-0.25, -0.2) is 4.98 Å². The summed E-state index contributed by atoms with van der Waals surface area (Å²) < 4.78 is 0. The van der Waals surface area contributed by atoms with Crippen LogP contribution in [0.15, 0.2) is 58.5 Å². The van der Waals surface area contributed by atoms with Crippen molar-refractivity contribution in [1.29, 1.82) is 5.26 Å². The van der Waals surface area contributed by atoms with E-state index in [-0.39, 0.29) is 17.2 Å². The van der Waals surface area contributed by atoms with Gasteiger partial charge in [0.15, 0.2) is 5.16 Å². The second-order valence-corrected chi connectivity index (χ2v) is 8.63. The third-order valence-corrected chi connectivity index (χ3v) is 6.00. The Morgan fingerprint density at radius 1 is 1.16 bits per heavy atom. The first-order valence-corrected chi connectivity index (χ1v) is 11.6. The summed E-state index contributed by atoms with van der Waals surface area (Å²) in [6, 6.07) is 15.7. The molecule has 1 fully saturated rings. The van der Waals surface area contributed by atoms with E-state index in [4.69, 9.17) is 10.4 Å². The number of thioether (sulfide) groups is 1. The molecule has 0 radical (unpaired) electrons. The highest BCUT2D eigenvalue weighted by Crippen LogP contribution is 2.18. The number of phenolic OH excluding ortho intramolecular Hbond substituents is 1. The molecule has 3 N–H and O–H groups in total. The first kappa shape index (κ1) is 23.4. The molecule has 0 saturated heterocycles. The van der Waals surface area contributed by atoms with E-state index in [2.05, 4.69) is 15.3 Å². The number of aromatic amines is 1. The minimum Gasteiger partial charge on any atom is -0.508 e. The standard InChI is InChI=1S/C17H21N3O2S.C7H5NO/c21-15(18-12-6-2-1-3-7-12)10-11-23-17-19-14-9-5-4-8-13(14)16(22)20-17;8-5-6-1-3-7(9)4-2-6/h4-5,8-9,12H,1-3,6-7,10-11H2,(H,18,21)(H,19,20,22);1-4,9H. The van der Waals surface area contributed by atoms with E-state index in [9.17, 15) is 9.59 Å². The maximum atomic E-state index is 12.0. The molecule has 3 aromatic rings. The van der Waals surface area contributed by atoms with Gasteiger partial charge in [0.05, 0.1) is 22.5 Å². The minimum absolute atomic E-state index is 0.0903. The van der Waals surface area contributed by atoms with Gasteiger partial charge in [-0.2, -0.15) is 5.26 Å². The van der Waals surface area contributed by atoms with Crippen LogP contribution in [0.2, 0.25) is 0 Å². The number of nitriles is 1. The van der Waals surface area contributed by atoms with E-state index in [1.807, 2.05) is 24.3 Å². The second-order valence-electron chi connectivity index (χ2n) is 7.55. The lowest BCUT2D eigenvalue weighted by atomic mass is 9.95. The summed E-state index contributed by atoms with van der Waals surface area (Å²) in [6.45, 7) is 0. The van der Waals surface area contributed by atoms with Crippen LogP contribution in [-0.2, 0) is 4.79 Å². The maximum Gasteiger partial charge on any atom is 0.259 e. The molecule has 1 heterocycles. The van der Waals surface area contributed by atoms with Crippen LogP contribution in [0.1, 0.15) is 44.1 Å². The van der Waals surface area contributed by atoms with E-state index < -0.39 is 0 Å². The molecule has 1 amide bonds. The van der Waals surface area contributed by atoms with Crippen LogP contribution in [0.4, 0.5) is 0 Å². The number of fused-ring (bicyclic) bond motifs is 1. The molecule has 1 aromatic heterocycles. The zero-order valence-electron chi connectivity index (χ0n) is 17.7. The predicted molar refractivity (Wildman–Crippen MR) is 126 cm³/mol. The van der Waals surface area contributed by atoms with Crippen LogP contribution < -0.4 is 10.9 Å². The van der Waals surface area contributed by atoms with Crippen LogP contribution in [0.3, 0.4) is 0 Å². The van der Waals surface area contributed by atoms with E-state index in [0.717, 1.165) is 12.8 Å². The molecule has 8 heteroatoms. The molecular weight excluding hydrogens is 424 g/mol. The topological polar surface area (TPSA) is 119 Å². The number of carbonyl (C=O) groups excluding carboxylic acids is 1. The number of rotatable bonds is 5. The number of H-pyrrole nitrogens is 1. The second kappa shape index (κ2) is 11.9. The lowest BCUT2D eigenvalue weighted by Gasteiger charge is -2.22. The summed E-state index contributed by atoms with van der Waals surface area (Å²) in [7, 11) is 0. The molecule has 4 rings (SSSR count). The van der Waals surface area contributed by atoms with E-state index >= 15 is 0 Å². The number of aromatic nitrogens is 2. The number of nitrogens with zero attached hydrogens (tertiary/aromatic N) is 2. The summed E-state index contributed by atoms with van der Waals surface area (Å²) >= 11 is 1.41. The average Bonchev–Trinajstić information content (AvgIpc) is 2.81. The summed E-state index contributed by atoms with van der Waals surface area (Å²) in [5.74, 6) is 0.890. The Bertz CT molecular complexity index is 1130. The van der Waals surface area contributed by atoms with Gasteiger partial charge in [0.2, 0.25) is 5.91 Å². The van der Waals surface area contributed by atoms with Crippen LogP contribution >= 0.6 is 11.8 Å². The Labute approximate surface area is 190 Å². The van der Waals surface area contributed by atoms with Crippen molar-refractivity contribution < 1.29 is 9.90 Å². The number of hydrogen-bond donors (Lipinski definition) is 3. The summed E-state index contributed by atoms with van der Waals surface area (Å²) in [6.07, 6.45) is 6.33. The van der Waals surface area contributed by atoms with Crippen molar-refractivity contribution in [2.75, 3.05) is 5.75 Å². The molecule has 1 aliphatic rings. The van der Waals surface area contributed by atoms with Crippen molar-refractivity contribution in [2.45, 2.75) is 49.7 Å². The fourth-order valence-electron chi connectivity index (χ4n) is 3.46. The Hall–Kier alpha value is -3.31. The molecule has 166 valence electrons. The van der Waals surface area contributed by atoms with Crippen molar-refractivity contribution >= 4 is 28.6 Å². The highest BCUT2D eigenvalue weighted by atomic mass is 32.2. The van der Waals surface area contributed by atoms with Crippen LogP contribution in [0.25, 0.3) is 10.9 Å². The van der Waals surface area contributed by atoms with Gasteiger partial charge < -0.3 is 15.4 Å². The van der Waals surface area contributed by atoms with Crippen molar-refractivity contribution in [2.24, 2.45) is 0 Å². The molecule has 2 aromatic carbocycles. The van der Waals surface area contributed by atoms with Gasteiger partial charge in [-0.15, -0.1) is 0 Å². The number of aromatic hydroxyl groups is 1. The zero-order chi connectivity index (χ0) is 22.8. The van der Waals surface area contributed by atoms with E-state index in [1.165, 1.54) is 43.2 Å². The van der Waals surface area contributed by atoms with Gasteiger partial charge in [-0.05, 0) is 49.2 Å². The number of benzene rings is 2.